The minimum atomic E-state index is -3.59. The molecule has 1 saturated heterocycles. The molecule has 1 saturated carbocycles. The van der Waals surface area contributed by atoms with E-state index in [1.165, 1.54) is 27.4 Å². The minimum Gasteiger partial charge on any atom is -0.352 e. The molecular formula is C21H29N3O4S2. The number of carbonyl (C=O) groups is 2. The number of nitrogens with one attached hydrogen (secondary N) is 1. The molecule has 3 aliphatic rings. The van der Waals surface area contributed by atoms with E-state index in [0.717, 1.165) is 37.0 Å². The Bertz CT molecular complexity index is 928. The smallest absolute Gasteiger partial charge is 0.243 e. The van der Waals surface area contributed by atoms with Gasteiger partial charge in [0.2, 0.25) is 21.8 Å². The van der Waals surface area contributed by atoms with Crippen molar-refractivity contribution in [3.63, 3.8) is 0 Å². The van der Waals surface area contributed by atoms with Crippen molar-refractivity contribution in [3.8, 4) is 0 Å². The van der Waals surface area contributed by atoms with Gasteiger partial charge in [-0.25, -0.2) is 8.42 Å². The Morgan fingerprint density at radius 1 is 1.17 bits per heavy atom. The first kappa shape index (κ1) is 21.6. The molecule has 0 spiro atoms. The highest BCUT2D eigenvalue weighted by molar-refractivity contribution is 8.00. The maximum Gasteiger partial charge on any atom is 0.243 e. The molecule has 30 heavy (non-hydrogen) atoms. The quantitative estimate of drug-likeness (QED) is 0.744. The number of fused-ring (bicyclic) bond motifs is 1. The highest BCUT2D eigenvalue weighted by atomic mass is 32.2. The molecule has 1 N–H and O–H groups in total. The molecule has 2 amide bonds. The molecular weight excluding hydrogens is 422 g/mol. The average Bonchev–Trinajstić information content (AvgIpc) is 3.27. The summed E-state index contributed by atoms with van der Waals surface area (Å²) in [5.74, 6) is 0.320. The van der Waals surface area contributed by atoms with E-state index in [9.17, 15) is 18.0 Å². The molecule has 7 nitrogen and oxygen atoms in total. The van der Waals surface area contributed by atoms with Gasteiger partial charge in [-0.1, -0.05) is 19.8 Å². The summed E-state index contributed by atoms with van der Waals surface area (Å²) in [6.45, 7) is 3.12. The van der Waals surface area contributed by atoms with Crippen LogP contribution in [-0.4, -0.2) is 56.0 Å². The van der Waals surface area contributed by atoms with Crippen molar-refractivity contribution in [3.05, 3.63) is 18.2 Å². The number of benzene rings is 1. The van der Waals surface area contributed by atoms with Crippen LogP contribution in [0.25, 0.3) is 0 Å². The number of nitrogens with zero attached hydrogens (tertiary/aromatic N) is 2. The second-order valence-electron chi connectivity index (χ2n) is 8.45. The summed E-state index contributed by atoms with van der Waals surface area (Å²) in [7, 11) is -3.59. The molecule has 0 unspecified atom stereocenters. The maximum atomic E-state index is 13.0. The Hall–Kier alpha value is -1.58. The monoisotopic (exact) mass is 451 g/mol. The van der Waals surface area contributed by atoms with Gasteiger partial charge in [0.25, 0.3) is 0 Å². The van der Waals surface area contributed by atoms with Gasteiger partial charge >= 0.3 is 0 Å². The van der Waals surface area contributed by atoms with Crippen LogP contribution in [0.3, 0.4) is 0 Å². The Morgan fingerprint density at radius 3 is 2.63 bits per heavy atom. The van der Waals surface area contributed by atoms with E-state index in [2.05, 4.69) is 12.2 Å². The number of carbonyl (C=O) groups excluding carboxylic acids is 2. The first-order valence-electron chi connectivity index (χ1n) is 10.7. The van der Waals surface area contributed by atoms with Gasteiger partial charge in [0.05, 0.1) is 16.3 Å². The van der Waals surface area contributed by atoms with Gasteiger partial charge in [-0.3, -0.25) is 9.59 Å². The average molecular weight is 452 g/mol. The summed E-state index contributed by atoms with van der Waals surface area (Å²) in [6.07, 6.45) is 6.09. The third-order valence-electron chi connectivity index (χ3n) is 6.34. The van der Waals surface area contributed by atoms with Crippen LogP contribution >= 0.6 is 11.8 Å². The van der Waals surface area contributed by atoms with Gasteiger partial charge in [-0.2, -0.15) is 4.31 Å². The topological polar surface area (TPSA) is 86.8 Å². The number of hydrogen-bond acceptors (Lipinski definition) is 5. The van der Waals surface area contributed by atoms with Crippen LogP contribution in [0.2, 0.25) is 0 Å². The maximum absolute atomic E-state index is 13.0. The summed E-state index contributed by atoms with van der Waals surface area (Å²) < 4.78 is 27.4. The summed E-state index contributed by atoms with van der Waals surface area (Å²) >= 11 is 1.38. The van der Waals surface area contributed by atoms with Crippen molar-refractivity contribution in [2.24, 2.45) is 5.92 Å². The Labute approximate surface area is 182 Å². The molecule has 0 bridgehead atoms. The molecule has 2 aliphatic heterocycles. The van der Waals surface area contributed by atoms with Crippen molar-refractivity contribution in [2.75, 3.05) is 30.3 Å². The minimum absolute atomic E-state index is 0.0805. The predicted molar refractivity (Wildman–Crippen MR) is 117 cm³/mol. The third kappa shape index (κ3) is 4.38. The van der Waals surface area contributed by atoms with Crippen LogP contribution in [0.1, 0.15) is 45.4 Å². The number of thioether (sulfide) groups is 1. The van der Waals surface area contributed by atoms with Crippen LogP contribution in [0.4, 0.5) is 5.69 Å². The van der Waals surface area contributed by atoms with Gasteiger partial charge in [-0.05, 0) is 49.8 Å². The number of anilines is 1. The standard InChI is InChI=1S/C21H29N3O4S2/c1-15-6-2-3-7-17(15)22-20(25)13-24-18-12-16(8-9-19(18)29-14-21(24)26)30(27,28)23-10-4-5-11-23/h8-9,12,15,17H,2-7,10-11,13-14H2,1H3,(H,22,25)/t15-,17+/m1/s1. The van der Waals surface area contributed by atoms with Crippen molar-refractivity contribution in [1.82, 2.24) is 9.62 Å². The van der Waals surface area contributed by atoms with Crippen molar-refractivity contribution in [2.45, 2.75) is 61.3 Å². The van der Waals surface area contributed by atoms with E-state index in [0.29, 0.717) is 24.7 Å². The van der Waals surface area contributed by atoms with Crippen LogP contribution in [0.5, 0.6) is 0 Å². The highest BCUT2D eigenvalue weighted by Crippen LogP contribution is 2.37. The summed E-state index contributed by atoms with van der Waals surface area (Å²) in [6, 6.07) is 5.06. The fourth-order valence-corrected chi connectivity index (χ4v) is 6.97. The molecule has 1 aromatic carbocycles. The summed E-state index contributed by atoms with van der Waals surface area (Å²) in [5, 5.41) is 3.09. The first-order valence-corrected chi connectivity index (χ1v) is 13.2. The van der Waals surface area contributed by atoms with E-state index >= 15 is 0 Å². The lowest BCUT2D eigenvalue weighted by atomic mass is 9.86. The zero-order valence-electron chi connectivity index (χ0n) is 17.3. The third-order valence-corrected chi connectivity index (χ3v) is 9.28. The molecule has 2 fully saturated rings. The zero-order chi connectivity index (χ0) is 21.3. The molecule has 9 heteroatoms. The lowest BCUT2D eigenvalue weighted by Crippen LogP contribution is -2.48. The highest BCUT2D eigenvalue weighted by Gasteiger charge is 2.32. The van der Waals surface area contributed by atoms with Gasteiger partial charge in [0, 0.05) is 24.0 Å². The SMILES string of the molecule is C[C@@H]1CCCC[C@@H]1NC(=O)CN1C(=O)CSc2ccc(S(=O)(=O)N3CCCC3)cc21. The predicted octanol–water partition coefficient (Wildman–Crippen LogP) is 2.60. The molecule has 164 valence electrons. The fraction of sp³-hybridized carbons (Fsp3) is 0.619. The van der Waals surface area contributed by atoms with Gasteiger partial charge in [0.15, 0.2) is 0 Å². The Balaban J connectivity index is 1.55. The van der Waals surface area contributed by atoms with E-state index in [1.54, 1.807) is 18.2 Å². The molecule has 1 aromatic rings. The molecule has 0 radical (unpaired) electrons. The Morgan fingerprint density at radius 2 is 1.90 bits per heavy atom. The van der Waals surface area contributed by atoms with E-state index < -0.39 is 10.0 Å². The largest absolute Gasteiger partial charge is 0.352 e. The normalized spacial score (nSPS) is 25.2. The van der Waals surface area contributed by atoms with E-state index in [-0.39, 0.29) is 35.0 Å². The molecule has 2 heterocycles. The number of amides is 2. The molecule has 4 rings (SSSR count). The van der Waals surface area contributed by atoms with Crippen molar-refractivity contribution < 1.29 is 18.0 Å². The van der Waals surface area contributed by atoms with Gasteiger partial charge in [-0.15, -0.1) is 11.8 Å². The van der Waals surface area contributed by atoms with Crippen molar-refractivity contribution in [1.29, 1.82) is 0 Å². The summed E-state index contributed by atoms with van der Waals surface area (Å²) in [4.78, 5) is 27.8. The second-order valence-corrected chi connectivity index (χ2v) is 11.4. The lowest BCUT2D eigenvalue weighted by Gasteiger charge is -2.32. The van der Waals surface area contributed by atoms with Gasteiger partial charge < -0.3 is 10.2 Å². The van der Waals surface area contributed by atoms with Crippen LogP contribution in [-0.2, 0) is 19.6 Å². The summed E-state index contributed by atoms with van der Waals surface area (Å²) in [5.41, 5.74) is 0.517. The molecule has 2 atom stereocenters. The zero-order valence-corrected chi connectivity index (χ0v) is 18.9. The fourth-order valence-electron chi connectivity index (χ4n) is 4.52. The second kappa shape index (κ2) is 8.88. The molecule has 1 aliphatic carbocycles. The van der Waals surface area contributed by atoms with Crippen LogP contribution < -0.4 is 10.2 Å². The first-order chi connectivity index (χ1) is 14.4. The van der Waals surface area contributed by atoms with E-state index in [4.69, 9.17) is 0 Å². The van der Waals surface area contributed by atoms with E-state index in [1.807, 2.05) is 0 Å². The van der Waals surface area contributed by atoms with Crippen molar-refractivity contribution >= 4 is 39.3 Å². The number of hydrogen-bond donors (Lipinski definition) is 1. The lowest BCUT2D eigenvalue weighted by molar-refractivity contribution is -0.123. The van der Waals surface area contributed by atoms with Crippen LogP contribution in [0, 0.1) is 5.92 Å². The van der Waals surface area contributed by atoms with Crippen LogP contribution in [0.15, 0.2) is 28.0 Å². The number of rotatable bonds is 5. The van der Waals surface area contributed by atoms with Gasteiger partial charge in [0.1, 0.15) is 6.54 Å². The number of sulfonamides is 1. The molecule has 0 aromatic heterocycles. The Kier molecular flexibility index (Phi) is 6.41.